The van der Waals surface area contributed by atoms with Gasteiger partial charge in [-0.1, -0.05) is 15.9 Å². The van der Waals surface area contributed by atoms with Crippen molar-refractivity contribution in [2.24, 2.45) is 0 Å². The van der Waals surface area contributed by atoms with E-state index in [0.717, 1.165) is 21.2 Å². The first-order valence-corrected chi connectivity index (χ1v) is 8.40. The lowest BCUT2D eigenvalue weighted by atomic mass is 9.87. The number of hydroxylamine groups is 2. The van der Waals surface area contributed by atoms with Gasteiger partial charge in [-0.2, -0.15) is 5.06 Å². The minimum atomic E-state index is -0.908. The smallest absolute Gasteiger partial charge is 0.343 e. The van der Waals surface area contributed by atoms with Gasteiger partial charge in [0.25, 0.3) is 0 Å². The van der Waals surface area contributed by atoms with Crippen molar-refractivity contribution in [3.63, 3.8) is 0 Å². The first kappa shape index (κ1) is 16.5. The minimum Gasteiger partial charge on any atom is -0.507 e. The Bertz CT molecular complexity index is 690. The SMILES string of the molecule is CON1CCC2(CC1)OC(=O)C(c1cc(C)c(Br)cc1C)=C2O. The monoisotopic (exact) mass is 381 g/mol. The van der Waals surface area contributed by atoms with Crippen LogP contribution < -0.4 is 0 Å². The highest BCUT2D eigenvalue weighted by Gasteiger charge is 2.50. The number of hydrogen-bond donors (Lipinski definition) is 1. The van der Waals surface area contributed by atoms with Crippen LogP contribution in [0.25, 0.3) is 5.57 Å². The van der Waals surface area contributed by atoms with Crippen molar-refractivity contribution >= 4 is 27.5 Å². The van der Waals surface area contributed by atoms with Crippen LogP contribution in [-0.4, -0.2) is 41.9 Å². The van der Waals surface area contributed by atoms with Gasteiger partial charge in [0.05, 0.1) is 7.11 Å². The van der Waals surface area contributed by atoms with Gasteiger partial charge in [0.2, 0.25) is 0 Å². The molecule has 5 nitrogen and oxygen atoms in total. The van der Waals surface area contributed by atoms with Crippen LogP contribution >= 0.6 is 15.9 Å². The molecule has 2 aliphatic rings. The summed E-state index contributed by atoms with van der Waals surface area (Å²) in [6, 6.07) is 3.87. The molecule has 1 saturated heterocycles. The van der Waals surface area contributed by atoms with Crippen LogP contribution in [0.5, 0.6) is 0 Å². The van der Waals surface area contributed by atoms with Crippen molar-refractivity contribution in [1.82, 2.24) is 5.06 Å². The highest BCUT2D eigenvalue weighted by Crippen LogP contribution is 2.44. The van der Waals surface area contributed by atoms with Crippen molar-refractivity contribution in [1.29, 1.82) is 0 Å². The second kappa shape index (κ2) is 5.92. The Hall–Kier alpha value is -1.37. The molecule has 2 heterocycles. The van der Waals surface area contributed by atoms with Gasteiger partial charge in [-0.25, -0.2) is 4.79 Å². The number of aliphatic hydroxyl groups is 1. The largest absolute Gasteiger partial charge is 0.507 e. The number of aliphatic hydroxyl groups excluding tert-OH is 1. The van der Waals surface area contributed by atoms with Crippen molar-refractivity contribution in [2.45, 2.75) is 32.3 Å². The van der Waals surface area contributed by atoms with E-state index in [9.17, 15) is 9.90 Å². The van der Waals surface area contributed by atoms with Gasteiger partial charge in [-0.3, -0.25) is 0 Å². The Balaban J connectivity index is 2.02. The van der Waals surface area contributed by atoms with Gasteiger partial charge in [0.15, 0.2) is 11.4 Å². The molecule has 0 bridgehead atoms. The summed E-state index contributed by atoms with van der Waals surface area (Å²) in [6.07, 6.45) is 1.05. The zero-order valence-corrected chi connectivity index (χ0v) is 15.1. The van der Waals surface area contributed by atoms with Crippen molar-refractivity contribution in [3.05, 3.63) is 39.1 Å². The Labute approximate surface area is 144 Å². The van der Waals surface area contributed by atoms with E-state index in [1.54, 1.807) is 12.2 Å². The summed E-state index contributed by atoms with van der Waals surface area (Å²) in [5.41, 5.74) is 2.05. The van der Waals surface area contributed by atoms with Gasteiger partial charge >= 0.3 is 5.97 Å². The molecule has 3 rings (SSSR count). The molecule has 0 saturated carbocycles. The molecule has 1 aromatic carbocycles. The average Bonchev–Trinajstić information content (AvgIpc) is 2.75. The summed E-state index contributed by atoms with van der Waals surface area (Å²) in [4.78, 5) is 17.7. The lowest BCUT2D eigenvalue weighted by Crippen LogP contribution is -2.45. The Kier molecular flexibility index (Phi) is 4.25. The van der Waals surface area contributed by atoms with E-state index in [1.165, 1.54) is 0 Å². The molecule has 6 heteroatoms. The maximum Gasteiger partial charge on any atom is 0.343 e. The number of carbonyl (C=O) groups excluding carboxylic acids is 1. The number of carbonyl (C=O) groups is 1. The molecule has 0 amide bonds. The molecule has 124 valence electrons. The lowest BCUT2D eigenvalue weighted by molar-refractivity contribution is -0.182. The number of hydrogen-bond acceptors (Lipinski definition) is 5. The number of nitrogens with zero attached hydrogens (tertiary/aromatic N) is 1. The molecule has 0 atom stereocenters. The van der Waals surface area contributed by atoms with Crippen LogP contribution in [-0.2, 0) is 14.4 Å². The molecule has 23 heavy (non-hydrogen) atoms. The number of benzene rings is 1. The second-order valence-electron chi connectivity index (χ2n) is 6.14. The van der Waals surface area contributed by atoms with E-state index in [1.807, 2.05) is 26.0 Å². The molecule has 0 unspecified atom stereocenters. The van der Waals surface area contributed by atoms with Crippen LogP contribution in [0.15, 0.2) is 22.4 Å². The van der Waals surface area contributed by atoms with E-state index in [4.69, 9.17) is 9.57 Å². The van der Waals surface area contributed by atoms with Gasteiger partial charge in [0, 0.05) is 30.4 Å². The van der Waals surface area contributed by atoms with Crippen LogP contribution in [0.3, 0.4) is 0 Å². The van der Waals surface area contributed by atoms with E-state index in [2.05, 4.69) is 15.9 Å². The van der Waals surface area contributed by atoms with Crippen molar-refractivity contribution in [3.8, 4) is 0 Å². The zero-order valence-electron chi connectivity index (χ0n) is 13.5. The summed E-state index contributed by atoms with van der Waals surface area (Å²) in [5, 5.41) is 12.6. The molecule has 0 aliphatic carbocycles. The van der Waals surface area contributed by atoms with Crippen molar-refractivity contribution in [2.75, 3.05) is 20.2 Å². The second-order valence-corrected chi connectivity index (χ2v) is 6.99. The maximum absolute atomic E-state index is 12.5. The third-order valence-corrected chi connectivity index (χ3v) is 5.58. The quantitative estimate of drug-likeness (QED) is 0.796. The number of ether oxygens (including phenoxy) is 1. The van der Waals surface area contributed by atoms with Crippen LogP contribution in [0.4, 0.5) is 0 Å². The Morgan fingerprint density at radius 1 is 1.26 bits per heavy atom. The molecule has 1 fully saturated rings. The molecule has 0 radical (unpaired) electrons. The minimum absolute atomic E-state index is 0.0584. The normalized spacial score (nSPS) is 21.1. The van der Waals surface area contributed by atoms with Gasteiger partial charge in [0.1, 0.15) is 5.57 Å². The third-order valence-electron chi connectivity index (χ3n) is 4.72. The highest BCUT2D eigenvalue weighted by molar-refractivity contribution is 9.10. The molecule has 1 aromatic rings. The number of esters is 1. The molecule has 0 aromatic heterocycles. The average molecular weight is 382 g/mol. The predicted molar refractivity (Wildman–Crippen MR) is 89.8 cm³/mol. The molecular weight excluding hydrogens is 362 g/mol. The predicted octanol–water partition coefficient (Wildman–Crippen LogP) is 3.29. The molecule has 1 N–H and O–H groups in total. The summed E-state index contributed by atoms with van der Waals surface area (Å²) in [5.74, 6) is -0.388. The van der Waals surface area contributed by atoms with E-state index < -0.39 is 11.6 Å². The molecular formula is C17H20BrNO4. The summed E-state index contributed by atoms with van der Waals surface area (Å²) in [7, 11) is 1.62. The Morgan fingerprint density at radius 2 is 1.91 bits per heavy atom. The third kappa shape index (κ3) is 2.69. The first-order chi connectivity index (χ1) is 10.9. The molecule has 2 aliphatic heterocycles. The fourth-order valence-corrected chi connectivity index (χ4v) is 3.72. The standard InChI is InChI=1S/C17H20BrNO4/c1-10-9-13(18)11(2)8-12(10)14-15(20)17(23-16(14)21)4-6-19(22-3)7-5-17/h8-9,20H,4-7H2,1-3H3. The van der Waals surface area contributed by atoms with Gasteiger partial charge in [-0.05, 0) is 42.7 Å². The van der Waals surface area contributed by atoms with Crippen molar-refractivity contribution < 1.29 is 19.5 Å². The van der Waals surface area contributed by atoms with E-state index in [0.29, 0.717) is 31.5 Å². The topological polar surface area (TPSA) is 59.0 Å². The zero-order chi connectivity index (χ0) is 16.8. The van der Waals surface area contributed by atoms with E-state index >= 15 is 0 Å². The van der Waals surface area contributed by atoms with Gasteiger partial charge in [-0.15, -0.1) is 0 Å². The van der Waals surface area contributed by atoms with Crippen LogP contribution in [0, 0.1) is 13.8 Å². The fourth-order valence-electron chi connectivity index (χ4n) is 3.26. The first-order valence-electron chi connectivity index (χ1n) is 7.61. The van der Waals surface area contributed by atoms with Crippen LogP contribution in [0.1, 0.15) is 29.5 Å². The number of halogens is 1. The fraction of sp³-hybridized carbons (Fsp3) is 0.471. The van der Waals surface area contributed by atoms with E-state index in [-0.39, 0.29) is 5.76 Å². The van der Waals surface area contributed by atoms with Crippen LogP contribution in [0.2, 0.25) is 0 Å². The number of rotatable bonds is 2. The van der Waals surface area contributed by atoms with Gasteiger partial charge < -0.3 is 14.7 Å². The highest BCUT2D eigenvalue weighted by atomic mass is 79.9. The lowest BCUT2D eigenvalue weighted by Gasteiger charge is -2.36. The number of piperidine rings is 1. The maximum atomic E-state index is 12.5. The summed E-state index contributed by atoms with van der Waals surface area (Å²) in [6.45, 7) is 5.10. The summed E-state index contributed by atoms with van der Waals surface area (Å²) >= 11 is 3.49. The molecule has 1 spiro atoms. The summed E-state index contributed by atoms with van der Waals surface area (Å²) < 4.78 is 6.61. The number of aryl methyl sites for hydroxylation is 2. The Morgan fingerprint density at radius 3 is 2.52 bits per heavy atom.